The Hall–Kier alpha value is -4.01. The molecule has 38 heavy (non-hydrogen) atoms. The molecule has 0 N–H and O–H groups in total. The zero-order valence-corrected chi connectivity index (χ0v) is 19.9. The van der Waals surface area contributed by atoms with Gasteiger partial charge in [-0.05, 0) is 24.3 Å². The summed E-state index contributed by atoms with van der Waals surface area (Å²) in [5.41, 5.74) is -2.31. The number of benzene rings is 1. The van der Waals surface area contributed by atoms with Crippen molar-refractivity contribution in [2.45, 2.75) is 32.0 Å². The van der Waals surface area contributed by atoms with Crippen molar-refractivity contribution in [2.24, 2.45) is 7.05 Å². The van der Waals surface area contributed by atoms with Crippen LogP contribution in [-0.2, 0) is 20.1 Å². The number of nitrogens with zero attached hydrogens (tertiary/aromatic N) is 5. The second-order valence-corrected chi connectivity index (χ2v) is 8.35. The average molecular weight is 564 g/mol. The highest BCUT2D eigenvalue weighted by molar-refractivity contribution is 6.30. The average Bonchev–Trinajstić information content (AvgIpc) is 3.15. The third-order valence-electron chi connectivity index (χ3n) is 5.17. The zero-order valence-electron chi connectivity index (χ0n) is 19.2. The number of hydrogen-bond acceptors (Lipinski definition) is 6. The molecule has 0 aliphatic carbocycles. The number of fused-ring (bicyclic) bond motifs is 1. The molecule has 16 heteroatoms. The van der Waals surface area contributed by atoms with Crippen molar-refractivity contribution in [3.8, 4) is 17.5 Å². The fourth-order valence-electron chi connectivity index (χ4n) is 3.51. The van der Waals surface area contributed by atoms with Crippen LogP contribution in [0.5, 0.6) is 17.5 Å². The molecular formula is C22H16ClF6N5O4. The van der Waals surface area contributed by atoms with Crippen molar-refractivity contribution >= 4 is 22.8 Å². The topological polar surface area (TPSA) is 93.2 Å². The van der Waals surface area contributed by atoms with Gasteiger partial charge in [0.15, 0.2) is 11.2 Å². The maximum absolute atomic E-state index is 13.2. The van der Waals surface area contributed by atoms with Crippen LogP contribution >= 0.6 is 11.6 Å². The van der Waals surface area contributed by atoms with Crippen molar-refractivity contribution in [3.05, 3.63) is 74.1 Å². The zero-order chi connectivity index (χ0) is 27.8. The van der Waals surface area contributed by atoms with Gasteiger partial charge < -0.3 is 9.47 Å². The Morgan fingerprint density at radius 3 is 2.34 bits per heavy atom. The molecule has 0 radical (unpaired) electrons. The van der Waals surface area contributed by atoms with Crippen LogP contribution in [0.1, 0.15) is 12.1 Å². The molecule has 0 atom stereocenters. The van der Waals surface area contributed by atoms with Gasteiger partial charge >= 0.3 is 24.2 Å². The summed E-state index contributed by atoms with van der Waals surface area (Å²) in [5.74, 6) is -0.770. The van der Waals surface area contributed by atoms with Gasteiger partial charge in [-0.25, -0.2) is 4.79 Å². The van der Waals surface area contributed by atoms with E-state index in [0.29, 0.717) is 15.3 Å². The molecule has 202 valence electrons. The smallest absolute Gasteiger partial charge is 0.425 e. The van der Waals surface area contributed by atoms with Crippen LogP contribution in [0.4, 0.5) is 26.3 Å². The van der Waals surface area contributed by atoms with E-state index in [1.54, 1.807) is 0 Å². The minimum Gasteiger partial charge on any atom is -0.425 e. The molecule has 0 spiro atoms. The number of aryl methyl sites for hydroxylation is 1. The highest BCUT2D eigenvalue weighted by Crippen LogP contribution is 2.30. The molecule has 0 amide bonds. The predicted octanol–water partition coefficient (Wildman–Crippen LogP) is 4.64. The van der Waals surface area contributed by atoms with E-state index < -0.39 is 42.5 Å². The van der Waals surface area contributed by atoms with Gasteiger partial charge in [0, 0.05) is 25.9 Å². The predicted molar refractivity (Wildman–Crippen MR) is 121 cm³/mol. The lowest BCUT2D eigenvalue weighted by Gasteiger charge is -2.13. The first-order chi connectivity index (χ1) is 17.7. The van der Waals surface area contributed by atoms with Gasteiger partial charge in [0.05, 0.1) is 23.7 Å². The number of aromatic nitrogens is 5. The van der Waals surface area contributed by atoms with Crippen LogP contribution in [0.25, 0.3) is 11.2 Å². The molecular weight excluding hydrogens is 548 g/mol. The fourth-order valence-corrected chi connectivity index (χ4v) is 3.63. The third-order valence-corrected chi connectivity index (χ3v) is 5.40. The third kappa shape index (κ3) is 6.10. The van der Waals surface area contributed by atoms with Crippen LogP contribution in [0, 0.1) is 0 Å². The molecule has 0 aliphatic rings. The van der Waals surface area contributed by atoms with Crippen molar-refractivity contribution < 1.29 is 35.8 Å². The van der Waals surface area contributed by atoms with E-state index in [9.17, 15) is 35.9 Å². The van der Waals surface area contributed by atoms with Crippen molar-refractivity contribution in [3.63, 3.8) is 0 Å². The van der Waals surface area contributed by atoms with Crippen molar-refractivity contribution in [1.82, 2.24) is 23.7 Å². The van der Waals surface area contributed by atoms with Crippen LogP contribution in [-0.4, -0.2) is 36.2 Å². The van der Waals surface area contributed by atoms with E-state index >= 15 is 0 Å². The van der Waals surface area contributed by atoms with E-state index in [1.807, 2.05) is 0 Å². The first-order valence-electron chi connectivity index (χ1n) is 10.6. The molecule has 3 aromatic heterocycles. The number of halogens is 7. The van der Waals surface area contributed by atoms with E-state index in [2.05, 4.69) is 14.7 Å². The standard InChI is InChI=1S/C22H16ClF6N5O4/c1-32-17-16(18(35)33(20(32)36)8-7-21(24,25)26)34(11-13-6-5-12(23)10-30-13)19(31-17)37-14-3-2-4-15(9-14)38-22(27,28)29/h2-6,9-10H,7-8,11H2,1H3. The first kappa shape index (κ1) is 27.0. The molecule has 1 aromatic carbocycles. The molecule has 4 aromatic rings. The maximum Gasteiger partial charge on any atom is 0.573 e. The quantitative estimate of drug-likeness (QED) is 0.304. The molecule has 0 unspecified atom stereocenters. The monoisotopic (exact) mass is 563 g/mol. The summed E-state index contributed by atoms with van der Waals surface area (Å²) >= 11 is 5.86. The van der Waals surface area contributed by atoms with Crippen LogP contribution < -0.4 is 20.7 Å². The summed E-state index contributed by atoms with van der Waals surface area (Å²) in [7, 11) is 1.20. The number of imidazole rings is 1. The molecule has 0 saturated heterocycles. The minimum absolute atomic E-state index is 0.172. The summed E-state index contributed by atoms with van der Waals surface area (Å²) in [6, 6.07) is 7.10. The largest absolute Gasteiger partial charge is 0.573 e. The number of pyridine rings is 1. The molecule has 0 aliphatic heterocycles. The fraction of sp³-hybridized carbons (Fsp3) is 0.273. The van der Waals surface area contributed by atoms with E-state index in [0.717, 1.165) is 21.3 Å². The summed E-state index contributed by atoms with van der Waals surface area (Å²) in [5, 5.41) is 0.305. The Balaban J connectivity index is 1.87. The SMILES string of the molecule is Cn1c(=O)n(CCC(F)(F)F)c(=O)c2c1nc(Oc1cccc(OC(F)(F)F)c1)n2Cc1ccc(Cl)cn1. The van der Waals surface area contributed by atoms with Gasteiger partial charge in [-0.1, -0.05) is 17.7 Å². The highest BCUT2D eigenvalue weighted by atomic mass is 35.5. The van der Waals surface area contributed by atoms with Gasteiger partial charge in [-0.3, -0.25) is 23.5 Å². The Labute approximate surface area is 213 Å². The number of ether oxygens (including phenoxy) is 2. The summed E-state index contributed by atoms with van der Waals surface area (Å²) in [6.07, 6.45) is -9.72. The Bertz CT molecular complexity index is 1590. The van der Waals surface area contributed by atoms with Crippen molar-refractivity contribution in [1.29, 1.82) is 0 Å². The van der Waals surface area contributed by atoms with Crippen molar-refractivity contribution in [2.75, 3.05) is 0 Å². The molecule has 0 bridgehead atoms. The number of hydrogen-bond donors (Lipinski definition) is 0. The lowest BCUT2D eigenvalue weighted by molar-refractivity contribution is -0.274. The van der Waals surface area contributed by atoms with Gasteiger partial charge in [0.2, 0.25) is 0 Å². The minimum atomic E-state index is -4.97. The van der Waals surface area contributed by atoms with Crippen LogP contribution in [0.2, 0.25) is 5.02 Å². The van der Waals surface area contributed by atoms with E-state index in [-0.39, 0.29) is 29.5 Å². The molecule has 9 nitrogen and oxygen atoms in total. The van der Waals surface area contributed by atoms with Crippen LogP contribution in [0.15, 0.2) is 52.2 Å². The summed E-state index contributed by atoms with van der Waals surface area (Å²) in [4.78, 5) is 34.2. The summed E-state index contributed by atoms with van der Waals surface area (Å²) in [6.45, 7) is -1.16. The number of alkyl halides is 6. The van der Waals surface area contributed by atoms with Gasteiger partial charge in [-0.15, -0.1) is 13.2 Å². The lowest BCUT2D eigenvalue weighted by atomic mass is 10.3. The maximum atomic E-state index is 13.2. The Morgan fingerprint density at radius 2 is 1.71 bits per heavy atom. The van der Waals surface area contributed by atoms with E-state index in [4.69, 9.17) is 16.3 Å². The van der Waals surface area contributed by atoms with E-state index in [1.165, 1.54) is 37.5 Å². The van der Waals surface area contributed by atoms with Gasteiger partial charge in [0.1, 0.15) is 11.5 Å². The molecule has 4 rings (SSSR count). The highest BCUT2D eigenvalue weighted by Gasteiger charge is 2.31. The number of rotatable bonds is 7. The normalized spacial score (nSPS) is 12.2. The summed E-state index contributed by atoms with van der Waals surface area (Å²) < 4.78 is 88.4. The lowest BCUT2D eigenvalue weighted by Crippen LogP contribution is -2.40. The van der Waals surface area contributed by atoms with Gasteiger partial charge in [0.25, 0.3) is 5.56 Å². The Kier molecular flexibility index (Phi) is 7.14. The van der Waals surface area contributed by atoms with Gasteiger partial charge in [-0.2, -0.15) is 18.2 Å². The van der Waals surface area contributed by atoms with Crippen LogP contribution in [0.3, 0.4) is 0 Å². The Morgan fingerprint density at radius 1 is 1.00 bits per heavy atom. The molecule has 0 fully saturated rings. The second kappa shape index (κ2) is 10.0. The second-order valence-electron chi connectivity index (χ2n) is 7.91. The molecule has 0 saturated carbocycles. The molecule has 3 heterocycles. The first-order valence-corrected chi connectivity index (χ1v) is 11.0.